The van der Waals surface area contributed by atoms with Gasteiger partial charge in [-0.1, -0.05) is 13.8 Å². The fourth-order valence-corrected chi connectivity index (χ4v) is 0.995. The Labute approximate surface area is 59.4 Å². The van der Waals surface area contributed by atoms with Crippen molar-refractivity contribution in [2.45, 2.75) is 32.6 Å². The van der Waals surface area contributed by atoms with Crippen LogP contribution in [-0.2, 0) is 0 Å². The van der Waals surface area contributed by atoms with Crippen LogP contribution in [-0.4, -0.2) is 12.6 Å². The van der Waals surface area contributed by atoms with Crippen LogP contribution in [0.5, 0.6) is 0 Å². The van der Waals surface area contributed by atoms with E-state index in [2.05, 4.69) is 0 Å². The van der Waals surface area contributed by atoms with Crippen molar-refractivity contribution in [3.05, 3.63) is 0 Å². The van der Waals surface area contributed by atoms with Crippen LogP contribution < -0.4 is 0 Å². The van der Waals surface area contributed by atoms with Crippen molar-refractivity contribution in [1.82, 2.24) is 0 Å². The molecule has 0 aliphatic rings. The third-order valence-electron chi connectivity index (χ3n) is 1.76. The minimum atomic E-state index is -3.11. The predicted octanol–water partition coefficient (Wildman–Crippen LogP) is 3.03. The summed E-state index contributed by atoms with van der Waals surface area (Å²) in [7, 11) is 0. The maximum atomic E-state index is 12.4. The van der Waals surface area contributed by atoms with Crippen molar-refractivity contribution in [2.75, 3.05) is 6.67 Å². The van der Waals surface area contributed by atoms with Crippen molar-refractivity contribution in [3.8, 4) is 0 Å². The highest BCUT2D eigenvalue weighted by atomic mass is 19.3. The molecule has 0 saturated carbocycles. The van der Waals surface area contributed by atoms with Crippen molar-refractivity contribution in [2.24, 2.45) is 5.92 Å². The lowest BCUT2D eigenvalue weighted by Gasteiger charge is -2.21. The molecule has 0 atom stereocenters. The summed E-state index contributed by atoms with van der Waals surface area (Å²) in [5, 5.41) is 0. The molecule has 0 aromatic carbocycles. The lowest BCUT2D eigenvalue weighted by atomic mass is 9.97. The maximum Gasteiger partial charge on any atom is 0.278 e. The summed E-state index contributed by atoms with van der Waals surface area (Å²) in [5.74, 6) is -3.90. The second kappa shape index (κ2) is 3.84. The summed E-state index contributed by atoms with van der Waals surface area (Å²) in [5.41, 5.74) is 0. The first kappa shape index (κ1) is 9.79. The molecule has 0 heterocycles. The molecule has 0 aromatic rings. The number of hydrogen-bond donors (Lipinski definition) is 0. The molecule has 62 valence electrons. The van der Waals surface area contributed by atoms with E-state index >= 15 is 0 Å². The second-order valence-electron chi connectivity index (χ2n) is 2.41. The molecule has 0 N–H and O–H groups in total. The molecule has 0 aromatic heterocycles. The third-order valence-corrected chi connectivity index (χ3v) is 1.76. The maximum absolute atomic E-state index is 12.4. The van der Waals surface area contributed by atoms with Crippen LogP contribution in [0.1, 0.15) is 26.7 Å². The van der Waals surface area contributed by atoms with Gasteiger partial charge in [0.2, 0.25) is 0 Å². The van der Waals surface area contributed by atoms with Crippen LogP contribution in [0.4, 0.5) is 13.2 Å². The van der Waals surface area contributed by atoms with Gasteiger partial charge in [-0.25, -0.2) is 13.2 Å². The van der Waals surface area contributed by atoms with Crippen LogP contribution >= 0.6 is 0 Å². The first-order valence-corrected chi connectivity index (χ1v) is 3.52. The largest absolute Gasteiger partial charge is 0.278 e. The molecule has 0 aliphatic heterocycles. The monoisotopic (exact) mass is 154 g/mol. The van der Waals surface area contributed by atoms with Crippen LogP contribution in [0.25, 0.3) is 0 Å². The Bertz CT molecular complexity index is 86.9. The highest BCUT2D eigenvalue weighted by Gasteiger charge is 2.36. The van der Waals surface area contributed by atoms with Gasteiger partial charge in [0.15, 0.2) is 6.67 Å². The molecule has 0 spiro atoms. The SMILES string of the molecule is CCC(CC)C(F)(F)CF. The molecular weight excluding hydrogens is 141 g/mol. The average Bonchev–Trinajstić information content (AvgIpc) is 1.90. The van der Waals surface area contributed by atoms with Gasteiger partial charge in [0, 0.05) is 5.92 Å². The van der Waals surface area contributed by atoms with E-state index < -0.39 is 18.5 Å². The average molecular weight is 154 g/mol. The Morgan fingerprint density at radius 2 is 1.60 bits per heavy atom. The lowest BCUT2D eigenvalue weighted by Crippen LogP contribution is -2.29. The van der Waals surface area contributed by atoms with Crippen LogP contribution in [0.15, 0.2) is 0 Å². The van der Waals surface area contributed by atoms with Crippen molar-refractivity contribution < 1.29 is 13.2 Å². The van der Waals surface area contributed by atoms with Crippen molar-refractivity contribution in [3.63, 3.8) is 0 Å². The van der Waals surface area contributed by atoms with Gasteiger partial charge < -0.3 is 0 Å². The molecule has 10 heavy (non-hydrogen) atoms. The molecular formula is C7H13F3. The zero-order valence-electron chi connectivity index (χ0n) is 6.33. The molecule has 0 radical (unpaired) electrons. The van der Waals surface area contributed by atoms with E-state index in [1.165, 1.54) is 0 Å². The third kappa shape index (κ3) is 2.20. The molecule has 0 saturated heterocycles. The topological polar surface area (TPSA) is 0 Å². The Balaban J connectivity index is 3.97. The zero-order valence-corrected chi connectivity index (χ0v) is 6.33. The zero-order chi connectivity index (χ0) is 8.20. The molecule has 3 heteroatoms. The van der Waals surface area contributed by atoms with Gasteiger partial charge in [-0.2, -0.15) is 0 Å². The van der Waals surface area contributed by atoms with Gasteiger partial charge in [0.25, 0.3) is 5.92 Å². The van der Waals surface area contributed by atoms with E-state index in [1.807, 2.05) is 0 Å². The number of halogens is 3. The first-order chi connectivity index (χ1) is 4.58. The van der Waals surface area contributed by atoms with E-state index in [1.54, 1.807) is 13.8 Å². The molecule has 0 bridgehead atoms. The number of alkyl halides is 3. The summed E-state index contributed by atoms with van der Waals surface area (Å²) < 4.78 is 36.5. The smallest absolute Gasteiger partial charge is 0.244 e. The molecule has 0 unspecified atom stereocenters. The quantitative estimate of drug-likeness (QED) is 0.583. The standard InChI is InChI=1S/C7H13F3/c1-3-6(4-2)7(9,10)5-8/h6H,3-5H2,1-2H3. The minimum absolute atomic E-state index is 0.341. The summed E-state index contributed by atoms with van der Waals surface area (Å²) >= 11 is 0. The van der Waals surface area contributed by atoms with Gasteiger partial charge in [-0.05, 0) is 12.8 Å². The van der Waals surface area contributed by atoms with Crippen molar-refractivity contribution in [1.29, 1.82) is 0 Å². The van der Waals surface area contributed by atoms with E-state index in [4.69, 9.17) is 0 Å². The van der Waals surface area contributed by atoms with Crippen molar-refractivity contribution >= 4 is 0 Å². The van der Waals surface area contributed by atoms with E-state index in [-0.39, 0.29) is 0 Å². The van der Waals surface area contributed by atoms with E-state index in [0.29, 0.717) is 12.8 Å². The molecule has 0 fully saturated rings. The number of hydrogen-bond acceptors (Lipinski definition) is 0. The molecule has 0 rings (SSSR count). The fraction of sp³-hybridized carbons (Fsp3) is 1.00. The highest BCUT2D eigenvalue weighted by Crippen LogP contribution is 2.29. The summed E-state index contributed by atoms with van der Waals surface area (Å²) in [6.07, 6.45) is 0.681. The lowest BCUT2D eigenvalue weighted by molar-refractivity contribution is -0.0783. The summed E-state index contributed by atoms with van der Waals surface area (Å²) in [4.78, 5) is 0. The van der Waals surface area contributed by atoms with Gasteiger partial charge in [-0.15, -0.1) is 0 Å². The first-order valence-electron chi connectivity index (χ1n) is 3.52. The molecule has 0 aliphatic carbocycles. The van der Waals surface area contributed by atoms with E-state index in [0.717, 1.165) is 0 Å². The Morgan fingerprint density at radius 3 is 1.70 bits per heavy atom. The Kier molecular flexibility index (Phi) is 3.76. The summed E-state index contributed by atoms with van der Waals surface area (Å²) in [6.45, 7) is 1.77. The van der Waals surface area contributed by atoms with Gasteiger partial charge in [0.05, 0.1) is 0 Å². The van der Waals surface area contributed by atoms with Crippen LogP contribution in [0, 0.1) is 5.92 Å². The van der Waals surface area contributed by atoms with Crippen LogP contribution in [0.2, 0.25) is 0 Å². The highest BCUT2D eigenvalue weighted by molar-refractivity contribution is 4.73. The Morgan fingerprint density at radius 1 is 1.20 bits per heavy atom. The van der Waals surface area contributed by atoms with Gasteiger partial charge in [0.1, 0.15) is 0 Å². The molecule has 0 nitrogen and oxygen atoms in total. The molecule has 0 amide bonds. The van der Waals surface area contributed by atoms with Gasteiger partial charge >= 0.3 is 0 Å². The van der Waals surface area contributed by atoms with Gasteiger partial charge in [-0.3, -0.25) is 0 Å². The normalized spacial score (nSPS) is 12.6. The number of rotatable bonds is 4. The minimum Gasteiger partial charge on any atom is -0.244 e. The predicted molar refractivity (Wildman–Crippen MR) is 35.0 cm³/mol. The van der Waals surface area contributed by atoms with Crippen LogP contribution in [0.3, 0.4) is 0 Å². The summed E-state index contributed by atoms with van der Waals surface area (Å²) in [6, 6.07) is 0. The van der Waals surface area contributed by atoms with E-state index in [9.17, 15) is 13.2 Å². The Hall–Kier alpha value is -0.210. The second-order valence-corrected chi connectivity index (χ2v) is 2.41. The fourth-order valence-electron chi connectivity index (χ4n) is 0.995.